The molecule has 2 rings (SSSR count). The summed E-state index contributed by atoms with van der Waals surface area (Å²) in [4.78, 5) is 4.45. The average Bonchev–Trinajstić information content (AvgIpc) is 2.30. The summed E-state index contributed by atoms with van der Waals surface area (Å²) in [6, 6.07) is 0. The number of fused-ring (bicyclic) bond motifs is 1. The minimum Gasteiger partial charge on any atom is -0.335 e. The van der Waals surface area contributed by atoms with Gasteiger partial charge in [0.1, 0.15) is 5.82 Å². The van der Waals surface area contributed by atoms with E-state index < -0.39 is 0 Å². The second kappa shape index (κ2) is 4.84. The van der Waals surface area contributed by atoms with Crippen LogP contribution in [0.25, 0.3) is 0 Å². The fourth-order valence-electron chi connectivity index (χ4n) is 1.59. The van der Waals surface area contributed by atoms with Crippen LogP contribution in [0.1, 0.15) is 17.2 Å². The molecule has 0 aliphatic carbocycles. The Labute approximate surface area is 90.7 Å². The smallest absolute Gasteiger partial charge is 0.105 e. The van der Waals surface area contributed by atoms with Crippen LogP contribution in [0.5, 0.6) is 0 Å². The van der Waals surface area contributed by atoms with Gasteiger partial charge in [0.05, 0.1) is 5.69 Å². The van der Waals surface area contributed by atoms with Crippen LogP contribution >= 0.6 is 24.8 Å². The van der Waals surface area contributed by atoms with Crippen LogP contribution in [0.4, 0.5) is 0 Å². The van der Waals surface area contributed by atoms with E-state index in [4.69, 9.17) is 0 Å². The Hall–Kier alpha value is -0.250. The van der Waals surface area contributed by atoms with Crippen molar-refractivity contribution in [2.45, 2.75) is 19.9 Å². The third kappa shape index (κ3) is 2.16. The molecule has 3 nitrogen and oxygen atoms in total. The van der Waals surface area contributed by atoms with Gasteiger partial charge in [0.15, 0.2) is 0 Å². The Morgan fingerprint density at radius 3 is 2.69 bits per heavy atom. The summed E-state index contributed by atoms with van der Waals surface area (Å²) in [5.41, 5.74) is 2.64. The van der Waals surface area contributed by atoms with Crippen molar-refractivity contribution in [3.05, 3.63) is 17.2 Å². The summed E-state index contributed by atoms with van der Waals surface area (Å²) in [7, 11) is 2.09. The minimum absolute atomic E-state index is 0. The Morgan fingerprint density at radius 1 is 1.38 bits per heavy atom. The zero-order valence-electron chi connectivity index (χ0n) is 7.83. The van der Waals surface area contributed by atoms with Gasteiger partial charge in [0, 0.05) is 32.3 Å². The summed E-state index contributed by atoms with van der Waals surface area (Å²) in [5.74, 6) is 1.12. The number of aromatic nitrogens is 2. The van der Waals surface area contributed by atoms with E-state index in [-0.39, 0.29) is 24.8 Å². The Balaban J connectivity index is 0.000000720. The number of nitrogens with zero attached hydrogens (tertiary/aromatic N) is 2. The van der Waals surface area contributed by atoms with Gasteiger partial charge < -0.3 is 9.88 Å². The van der Waals surface area contributed by atoms with Gasteiger partial charge in [-0.15, -0.1) is 24.8 Å². The molecule has 0 radical (unpaired) electrons. The van der Waals surface area contributed by atoms with Crippen LogP contribution in [-0.2, 0) is 20.0 Å². The van der Waals surface area contributed by atoms with Crippen LogP contribution in [-0.4, -0.2) is 16.1 Å². The molecule has 1 aliphatic heterocycles. The number of aryl methyl sites for hydroxylation is 1. The fourth-order valence-corrected chi connectivity index (χ4v) is 1.59. The number of rotatable bonds is 0. The first-order chi connectivity index (χ1) is 5.29. The van der Waals surface area contributed by atoms with Crippen molar-refractivity contribution >= 4 is 24.8 Å². The molecule has 5 heteroatoms. The van der Waals surface area contributed by atoms with Crippen molar-refractivity contribution in [1.29, 1.82) is 0 Å². The van der Waals surface area contributed by atoms with E-state index in [1.54, 1.807) is 0 Å². The Kier molecular flexibility index (Phi) is 4.75. The number of imidazole rings is 1. The van der Waals surface area contributed by atoms with Gasteiger partial charge >= 0.3 is 0 Å². The van der Waals surface area contributed by atoms with Gasteiger partial charge in [0.25, 0.3) is 0 Å². The van der Waals surface area contributed by atoms with Gasteiger partial charge in [-0.2, -0.15) is 0 Å². The number of hydrogen-bond acceptors (Lipinski definition) is 2. The second-order valence-electron chi connectivity index (χ2n) is 3.04. The van der Waals surface area contributed by atoms with Gasteiger partial charge in [-0.25, -0.2) is 4.98 Å². The Bertz CT molecular complexity index is 283. The predicted octanol–water partition coefficient (Wildman–Crippen LogP) is 1.22. The predicted molar refractivity (Wildman–Crippen MR) is 57.9 cm³/mol. The average molecular weight is 224 g/mol. The molecule has 76 valence electrons. The molecule has 0 aromatic carbocycles. The van der Waals surface area contributed by atoms with Crippen molar-refractivity contribution in [2.24, 2.45) is 7.05 Å². The molecular weight excluding hydrogens is 209 g/mol. The third-order valence-corrected chi connectivity index (χ3v) is 2.35. The molecular formula is C8H15Cl2N3. The zero-order chi connectivity index (χ0) is 7.84. The summed E-state index contributed by atoms with van der Waals surface area (Å²) < 4.78 is 2.19. The van der Waals surface area contributed by atoms with Crippen molar-refractivity contribution in [3.8, 4) is 0 Å². The monoisotopic (exact) mass is 223 g/mol. The highest BCUT2D eigenvalue weighted by atomic mass is 35.5. The van der Waals surface area contributed by atoms with Crippen LogP contribution in [0.2, 0.25) is 0 Å². The van der Waals surface area contributed by atoms with Gasteiger partial charge in [-0.3, -0.25) is 0 Å². The first-order valence-corrected chi connectivity index (χ1v) is 4.01. The lowest BCUT2D eigenvalue weighted by Gasteiger charge is -2.12. The van der Waals surface area contributed by atoms with Crippen LogP contribution in [0, 0.1) is 6.92 Å². The number of halogens is 2. The topological polar surface area (TPSA) is 29.9 Å². The van der Waals surface area contributed by atoms with Gasteiger partial charge in [-0.05, 0) is 6.92 Å². The molecule has 0 saturated heterocycles. The van der Waals surface area contributed by atoms with E-state index in [1.165, 1.54) is 11.4 Å². The maximum Gasteiger partial charge on any atom is 0.105 e. The number of nitrogens with one attached hydrogen (secondary N) is 1. The number of hydrogen-bond donors (Lipinski definition) is 1. The molecule has 0 fully saturated rings. The highest BCUT2D eigenvalue weighted by Gasteiger charge is 2.14. The molecule has 2 heterocycles. The lowest BCUT2D eigenvalue weighted by atomic mass is 10.2. The standard InChI is InChI=1S/C8H13N3.2ClH/c1-6-10-7-5-9-4-3-8(7)11(6)2;;/h9H,3-5H2,1-2H3;2*1H. The van der Waals surface area contributed by atoms with Crippen molar-refractivity contribution in [3.63, 3.8) is 0 Å². The molecule has 0 spiro atoms. The van der Waals surface area contributed by atoms with Crippen LogP contribution < -0.4 is 5.32 Å². The highest BCUT2D eigenvalue weighted by molar-refractivity contribution is 5.85. The SMILES string of the molecule is Cc1nc2c(n1C)CCNC2.Cl.Cl. The first-order valence-electron chi connectivity index (χ1n) is 4.01. The molecule has 13 heavy (non-hydrogen) atoms. The summed E-state index contributed by atoms with van der Waals surface area (Å²) in [6.07, 6.45) is 1.12. The molecule has 1 aromatic heterocycles. The Morgan fingerprint density at radius 2 is 2.08 bits per heavy atom. The van der Waals surface area contributed by atoms with Crippen molar-refractivity contribution in [1.82, 2.24) is 14.9 Å². The van der Waals surface area contributed by atoms with E-state index in [1.807, 2.05) is 0 Å². The molecule has 0 unspecified atom stereocenters. The molecule has 0 atom stereocenters. The van der Waals surface area contributed by atoms with Crippen LogP contribution in [0.15, 0.2) is 0 Å². The van der Waals surface area contributed by atoms with Crippen molar-refractivity contribution in [2.75, 3.05) is 6.54 Å². The molecule has 0 saturated carbocycles. The third-order valence-electron chi connectivity index (χ3n) is 2.35. The summed E-state index contributed by atoms with van der Waals surface area (Å²) in [6.45, 7) is 4.08. The van der Waals surface area contributed by atoms with Crippen LogP contribution in [0.3, 0.4) is 0 Å². The summed E-state index contributed by atoms with van der Waals surface area (Å²) >= 11 is 0. The zero-order valence-corrected chi connectivity index (χ0v) is 9.47. The second-order valence-corrected chi connectivity index (χ2v) is 3.04. The van der Waals surface area contributed by atoms with Crippen molar-refractivity contribution < 1.29 is 0 Å². The van der Waals surface area contributed by atoms with E-state index in [0.29, 0.717) is 0 Å². The van der Waals surface area contributed by atoms with Gasteiger partial charge in [-0.1, -0.05) is 0 Å². The minimum atomic E-state index is 0. The van der Waals surface area contributed by atoms with E-state index in [2.05, 4.69) is 28.8 Å². The normalized spacial score (nSPS) is 14.0. The van der Waals surface area contributed by atoms with E-state index in [9.17, 15) is 0 Å². The molecule has 1 aliphatic rings. The molecule has 0 bridgehead atoms. The molecule has 1 aromatic rings. The molecule has 1 N–H and O–H groups in total. The highest BCUT2D eigenvalue weighted by Crippen LogP contribution is 2.13. The quantitative estimate of drug-likeness (QED) is 0.718. The maximum atomic E-state index is 4.45. The fraction of sp³-hybridized carbons (Fsp3) is 0.625. The van der Waals surface area contributed by atoms with E-state index in [0.717, 1.165) is 25.3 Å². The maximum absolute atomic E-state index is 4.45. The largest absolute Gasteiger partial charge is 0.335 e. The lowest BCUT2D eigenvalue weighted by molar-refractivity contribution is 0.611. The first kappa shape index (κ1) is 12.8. The summed E-state index contributed by atoms with van der Waals surface area (Å²) in [5, 5.41) is 3.31. The molecule has 0 amide bonds. The van der Waals surface area contributed by atoms with E-state index >= 15 is 0 Å². The lowest BCUT2D eigenvalue weighted by Crippen LogP contribution is -2.24. The van der Waals surface area contributed by atoms with Gasteiger partial charge in [0.2, 0.25) is 0 Å².